The Labute approximate surface area is 134 Å². The third-order valence-corrected chi connectivity index (χ3v) is 3.47. The Morgan fingerprint density at radius 1 is 1.27 bits per heavy atom. The molecule has 1 rings (SSSR count). The van der Waals surface area contributed by atoms with E-state index in [1.54, 1.807) is 31.2 Å². The molecule has 22 heavy (non-hydrogen) atoms. The number of carbonyl (C=O) groups excluding carboxylic acids is 3. The number of nitrogens with two attached hydrogens (primary N) is 1. The van der Waals surface area contributed by atoms with E-state index in [0.29, 0.717) is 17.0 Å². The van der Waals surface area contributed by atoms with Crippen LogP contribution in [0.15, 0.2) is 24.3 Å². The van der Waals surface area contributed by atoms with Gasteiger partial charge in [0, 0.05) is 10.6 Å². The van der Waals surface area contributed by atoms with Gasteiger partial charge in [0.15, 0.2) is 6.61 Å². The van der Waals surface area contributed by atoms with Gasteiger partial charge in [-0.05, 0) is 30.2 Å². The van der Waals surface area contributed by atoms with Gasteiger partial charge in [0.05, 0.1) is 0 Å². The van der Waals surface area contributed by atoms with Gasteiger partial charge in [0.2, 0.25) is 0 Å². The molecule has 0 saturated heterocycles. The number of ether oxygens (including phenoxy) is 1. The monoisotopic (exact) mass is 326 g/mol. The third kappa shape index (κ3) is 5.37. The van der Waals surface area contributed by atoms with E-state index in [1.165, 1.54) is 0 Å². The van der Waals surface area contributed by atoms with Gasteiger partial charge in [-0.15, -0.1) is 0 Å². The van der Waals surface area contributed by atoms with E-state index in [4.69, 9.17) is 22.1 Å². The standard InChI is InChI=1S/C15H19ClN2O4/c1-3-9(2)13(15(21)22-8-12(17)19)18-14(20)10-4-6-11(16)7-5-10/h4-7,9,13H,3,8H2,1-2H3,(H2,17,19)(H,18,20)/t9-,13-/m0/s1. The average molecular weight is 327 g/mol. The number of hydrogen-bond acceptors (Lipinski definition) is 4. The van der Waals surface area contributed by atoms with E-state index in [2.05, 4.69) is 5.32 Å². The fraction of sp³-hybridized carbons (Fsp3) is 0.400. The lowest BCUT2D eigenvalue weighted by atomic mass is 9.99. The molecule has 3 N–H and O–H groups in total. The number of nitrogens with one attached hydrogen (secondary N) is 1. The van der Waals surface area contributed by atoms with E-state index >= 15 is 0 Å². The van der Waals surface area contributed by atoms with E-state index in [1.807, 2.05) is 6.92 Å². The van der Waals surface area contributed by atoms with E-state index in [0.717, 1.165) is 0 Å². The van der Waals surface area contributed by atoms with Crippen molar-refractivity contribution >= 4 is 29.4 Å². The zero-order chi connectivity index (χ0) is 16.7. The van der Waals surface area contributed by atoms with Crippen LogP contribution in [-0.4, -0.2) is 30.4 Å². The first-order chi connectivity index (χ1) is 10.3. The van der Waals surface area contributed by atoms with Crippen molar-refractivity contribution in [1.82, 2.24) is 5.32 Å². The molecule has 1 aromatic rings. The maximum Gasteiger partial charge on any atom is 0.329 e. The highest BCUT2D eigenvalue weighted by Gasteiger charge is 2.28. The van der Waals surface area contributed by atoms with Gasteiger partial charge in [-0.1, -0.05) is 31.9 Å². The predicted molar refractivity (Wildman–Crippen MR) is 82.3 cm³/mol. The van der Waals surface area contributed by atoms with Crippen LogP contribution in [0.1, 0.15) is 30.6 Å². The van der Waals surface area contributed by atoms with Crippen molar-refractivity contribution in [2.24, 2.45) is 11.7 Å². The molecule has 0 fully saturated rings. The van der Waals surface area contributed by atoms with Gasteiger partial charge in [-0.2, -0.15) is 0 Å². The van der Waals surface area contributed by atoms with Gasteiger partial charge < -0.3 is 15.8 Å². The quantitative estimate of drug-likeness (QED) is 0.742. The Balaban J connectivity index is 2.79. The van der Waals surface area contributed by atoms with Crippen molar-refractivity contribution in [2.45, 2.75) is 26.3 Å². The predicted octanol–water partition coefficient (Wildman–Crippen LogP) is 1.51. The van der Waals surface area contributed by atoms with Crippen LogP contribution in [0.5, 0.6) is 0 Å². The Bertz CT molecular complexity index is 545. The molecule has 0 unspecified atom stereocenters. The summed E-state index contributed by atoms with van der Waals surface area (Å²) < 4.78 is 4.80. The highest BCUT2D eigenvalue weighted by atomic mass is 35.5. The number of primary amides is 1. The Kier molecular flexibility index (Phi) is 6.85. The first kappa shape index (κ1) is 18.0. The molecule has 0 bridgehead atoms. The molecule has 1 aromatic carbocycles. The van der Waals surface area contributed by atoms with Crippen LogP contribution >= 0.6 is 11.6 Å². The normalized spacial score (nSPS) is 13.0. The van der Waals surface area contributed by atoms with Gasteiger partial charge in [0.25, 0.3) is 11.8 Å². The third-order valence-electron chi connectivity index (χ3n) is 3.22. The summed E-state index contributed by atoms with van der Waals surface area (Å²) in [6, 6.07) is 5.42. The van der Waals surface area contributed by atoms with Gasteiger partial charge in [0.1, 0.15) is 6.04 Å². The van der Waals surface area contributed by atoms with Crippen LogP contribution in [0.25, 0.3) is 0 Å². The Hall–Kier alpha value is -2.08. The molecule has 120 valence electrons. The molecular formula is C15H19ClN2O4. The molecule has 0 heterocycles. The number of amides is 2. The number of rotatable bonds is 7. The summed E-state index contributed by atoms with van der Waals surface area (Å²) in [5, 5.41) is 3.13. The van der Waals surface area contributed by atoms with Crippen molar-refractivity contribution in [3.8, 4) is 0 Å². The van der Waals surface area contributed by atoms with Crippen LogP contribution < -0.4 is 11.1 Å². The second-order valence-electron chi connectivity index (χ2n) is 4.92. The highest BCUT2D eigenvalue weighted by Crippen LogP contribution is 2.13. The van der Waals surface area contributed by atoms with E-state index in [-0.39, 0.29) is 5.92 Å². The second kappa shape index (κ2) is 8.38. The molecule has 0 spiro atoms. The number of halogens is 1. The molecule has 0 aliphatic carbocycles. The molecule has 6 nitrogen and oxygen atoms in total. The molecule has 0 aromatic heterocycles. The van der Waals surface area contributed by atoms with Crippen molar-refractivity contribution in [2.75, 3.05) is 6.61 Å². The smallest absolute Gasteiger partial charge is 0.329 e. The first-order valence-electron chi connectivity index (χ1n) is 6.86. The fourth-order valence-corrected chi connectivity index (χ4v) is 1.85. The largest absolute Gasteiger partial charge is 0.454 e. The van der Waals surface area contributed by atoms with Gasteiger partial charge in [-0.25, -0.2) is 4.79 Å². The molecule has 7 heteroatoms. The molecular weight excluding hydrogens is 308 g/mol. The van der Waals surface area contributed by atoms with Crippen LogP contribution in [0.4, 0.5) is 0 Å². The minimum atomic E-state index is -0.854. The summed E-state index contributed by atoms with van der Waals surface area (Å²) in [7, 11) is 0. The summed E-state index contributed by atoms with van der Waals surface area (Å²) in [5.41, 5.74) is 5.32. The number of carbonyl (C=O) groups is 3. The topological polar surface area (TPSA) is 98.5 Å². The molecule has 0 aliphatic heterocycles. The zero-order valence-electron chi connectivity index (χ0n) is 12.5. The highest BCUT2D eigenvalue weighted by molar-refractivity contribution is 6.30. The van der Waals surface area contributed by atoms with Crippen LogP contribution in [0.2, 0.25) is 5.02 Å². The van der Waals surface area contributed by atoms with Crippen molar-refractivity contribution < 1.29 is 19.1 Å². The van der Waals surface area contributed by atoms with Crippen molar-refractivity contribution in [3.05, 3.63) is 34.9 Å². The Morgan fingerprint density at radius 3 is 2.36 bits per heavy atom. The number of hydrogen-bond donors (Lipinski definition) is 2. The van der Waals surface area contributed by atoms with Gasteiger partial charge in [-0.3, -0.25) is 9.59 Å². The lowest BCUT2D eigenvalue weighted by Crippen LogP contribution is -2.46. The average Bonchev–Trinajstić information content (AvgIpc) is 2.49. The number of benzene rings is 1. The SMILES string of the molecule is CC[C@H](C)[C@H](NC(=O)c1ccc(Cl)cc1)C(=O)OCC(N)=O. The minimum Gasteiger partial charge on any atom is -0.454 e. The molecule has 0 radical (unpaired) electrons. The zero-order valence-corrected chi connectivity index (χ0v) is 13.2. The van der Waals surface area contributed by atoms with Crippen LogP contribution in [-0.2, 0) is 14.3 Å². The van der Waals surface area contributed by atoms with Crippen molar-refractivity contribution in [1.29, 1.82) is 0 Å². The summed E-state index contributed by atoms with van der Waals surface area (Å²) >= 11 is 5.77. The summed E-state index contributed by atoms with van der Waals surface area (Å²) in [6.45, 7) is 3.17. The van der Waals surface area contributed by atoms with Gasteiger partial charge >= 0.3 is 5.97 Å². The van der Waals surface area contributed by atoms with E-state index < -0.39 is 30.4 Å². The second-order valence-corrected chi connectivity index (χ2v) is 5.35. The van der Waals surface area contributed by atoms with E-state index in [9.17, 15) is 14.4 Å². The fourth-order valence-electron chi connectivity index (χ4n) is 1.73. The van der Waals surface area contributed by atoms with Crippen molar-refractivity contribution in [3.63, 3.8) is 0 Å². The lowest BCUT2D eigenvalue weighted by molar-refractivity contribution is -0.150. The molecule has 2 atom stereocenters. The molecule has 2 amide bonds. The molecule has 0 aliphatic rings. The maximum atomic E-state index is 12.2. The lowest BCUT2D eigenvalue weighted by Gasteiger charge is -2.22. The summed E-state index contributed by atoms with van der Waals surface area (Å²) in [6.07, 6.45) is 0.650. The van der Waals surface area contributed by atoms with Crippen LogP contribution in [0, 0.1) is 5.92 Å². The summed E-state index contributed by atoms with van der Waals surface area (Å²) in [5.74, 6) is -2.01. The molecule has 0 saturated carbocycles. The van der Waals surface area contributed by atoms with Crippen LogP contribution in [0.3, 0.4) is 0 Å². The minimum absolute atomic E-state index is 0.156. The Morgan fingerprint density at radius 2 is 1.86 bits per heavy atom. The summed E-state index contributed by atoms with van der Waals surface area (Å²) in [4.78, 5) is 34.9. The first-order valence-corrected chi connectivity index (χ1v) is 7.24. The maximum absolute atomic E-state index is 12.2. The number of esters is 1.